The third kappa shape index (κ3) is 5.05. The van der Waals surface area contributed by atoms with Crippen molar-refractivity contribution in [2.24, 2.45) is 5.73 Å². The predicted octanol–water partition coefficient (Wildman–Crippen LogP) is 1.68. The zero-order valence-electron chi connectivity index (χ0n) is 11.2. The smallest absolute Gasteiger partial charge is 0.269 e. The summed E-state index contributed by atoms with van der Waals surface area (Å²) in [5.74, 6) is -0.0104. The Hall–Kier alpha value is -1.95. The minimum atomic E-state index is -0.443. The molecule has 0 fully saturated rings. The van der Waals surface area contributed by atoms with Crippen LogP contribution >= 0.6 is 0 Å². The van der Waals surface area contributed by atoms with Gasteiger partial charge in [-0.1, -0.05) is 12.1 Å². The minimum absolute atomic E-state index is 0.00448. The van der Waals surface area contributed by atoms with Gasteiger partial charge in [-0.05, 0) is 18.9 Å². The summed E-state index contributed by atoms with van der Waals surface area (Å²) >= 11 is 0. The maximum atomic E-state index is 11.8. The Kier molecular flexibility index (Phi) is 5.44. The van der Waals surface area contributed by atoms with Crippen molar-refractivity contribution in [2.45, 2.75) is 32.4 Å². The fourth-order valence-corrected chi connectivity index (χ4v) is 1.67. The topological polar surface area (TPSA) is 89.5 Å². The first-order chi connectivity index (χ1) is 8.90. The van der Waals surface area contributed by atoms with E-state index in [2.05, 4.69) is 0 Å². The molecule has 6 heteroatoms. The van der Waals surface area contributed by atoms with E-state index in [1.807, 2.05) is 6.92 Å². The zero-order valence-corrected chi connectivity index (χ0v) is 11.2. The Morgan fingerprint density at radius 2 is 2.21 bits per heavy atom. The monoisotopic (exact) mass is 265 g/mol. The molecule has 6 nitrogen and oxygen atoms in total. The van der Waals surface area contributed by atoms with Crippen molar-refractivity contribution in [1.82, 2.24) is 4.90 Å². The first kappa shape index (κ1) is 15.1. The van der Waals surface area contributed by atoms with Gasteiger partial charge < -0.3 is 10.6 Å². The van der Waals surface area contributed by atoms with Crippen LogP contribution in [0, 0.1) is 10.1 Å². The molecule has 0 aromatic heterocycles. The number of nitro benzene ring substituents is 1. The molecular formula is C13H19N3O3. The molecule has 1 atom stereocenters. The number of non-ortho nitro benzene ring substituents is 1. The molecule has 0 radical (unpaired) electrons. The van der Waals surface area contributed by atoms with Crippen molar-refractivity contribution in [2.75, 3.05) is 7.05 Å². The molecule has 1 unspecified atom stereocenters. The number of nitro groups is 1. The first-order valence-electron chi connectivity index (χ1n) is 6.13. The molecule has 1 aromatic carbocycles. The van der Waals surface area contributed by atoms with E-state index in [0.29, 0.717) is 19.4 Å². The lowest BCUT2D eigenvalue weighted by Crippen LogP contribution is -2.28. The molecule has 0 spiro atoms. The highest BCUT2D eigenvalue weighted by molar-refractivity contribution is 5.75. The van der Waals surface area contributed by atoms with E-state index in [4.69, 9.17) is 5.73 Å². The number of hydrogen-bond acceptors (Lipinski definition) is 4. The van der Waals surface area contributed by atoms with Gasteiger partial charge in [-0.3, -0.25) is 14.9 Å². The maximum Gasteiger partial charge on any atom is 0.269 e. The summed E-state index contributed by atoms with van der Waals surface area (Å²) in [5, 5.41) is 10.7. The molecule has 0 saturated carbocycles. The first-order valence-corrected chi connectivity index (χ1v) is 6.13. The van der Waals surface area contributed by atoms with Crippen molar-refractivity contribution >= 4 is 11.6 Å². The molecule has 104 valence electrons. The second kappa shape index (κ2) is 6.84. The molecular weight excluding hydrogens is 246 g/mol. The van der Waals surface area contributed by atoms with Gasteiger partial charge in [0.1, 0.15) is 0 Å². The van der Waals surface area contributed by atoms with Gasteiger partial charge in [-0.25, -0.2) is 0 Å². The number of hydrogen-bond donors (Lipinski definition) is 1. The quantitative estimate of drug-likeness (QED) is 0.626. The highest BCUT2D eigenvalue weighted by Gasteiger charge is 2.12. The average Bonchev–Trinajstić information content (AvgIpc) is 2.36. The minimum Gasteiger partial charge on any atom is -0.341 e. The SMILES string of the molecule is CC(N)CCC(=O)N(C)Cc1cccc([N+](=O)[O-])c1. The van der Waals surface area contributed by atoms with Crippen molar-refractivity contribution in [3.05, 3.63) is 39.9 Å². The van der Waals surface area contributed by atoms with Gasteiger partial charge >= 0.3 is 0 Å². The van der Waals surface area contributed by atoms with Crippen LogP contribution in [-0.2, 0) is 11.3 Å². The van der Waals surface area contributed by atoms with Gasteiger partial charge in [0.05, 0.1) is 4.92 Å². The summed E-state index contributed by atoms with van der Waals surface area (Å²) in [6, 6.07) is 6.29. The van der Waals surface area contributed by atoms with Crippen LogP contribution in [0.5, 0.6) is 0 Å². The van der Waals surface area contributed by atoms with Crippen LogP contribution in [0.3, 0.4) is 0 Å². The highest BCUT2D eigenvalue weighted by Crippen LogP contribution is 2.14. The molecule has 0 saturated heterocycles. The van der Waals surface area contributed by atoms with Crippen molar-refractivity contribution in [3.63, 3.8) is 0 Å². The molecule has 1 amide bonds. The molecule has 0 aliphatic carbocycles. The number of nitrogens with two attached hydrogens (primary N) is 1. The molecule has 0 heterocycles. The van der Waals surface area contributed by atoms with E-state index in [1.165, 1.54) is 12.1 Å². The number of carbonyl (C=O) groups excluding carboxylic acids is 1. The standard InChI is InChI=1S/C13H19N3O3/c1-10(14)6-7-13(17)15(2)9-11-4-3-5-12(8-11)16(18)19/h3-5,8,10H,6-7,9,14H2,1-2H3. The van der Waals surface area contributed by atoms with Gasteiger partial charge in [0.25, 0.3) is 5.69 Å². The number of benzene rings is 1. The number of nitrogens with zero attached hydrogens (tertiary/aromatic N) is 2. The Labute approximate surface area is 112 Å². The largest absolute Gasteiger partial charge is 0.341 e. The lowest BCUT2D eigenvalue weighted by molar-refractivity contribution is -0.384. The zero-order chi connectivity index (χ0) is 14.4. The fourth-order valence-electron chi connectivity index (χ4n) is 1.67. The van der Waals surface area contributed by atoms with Crippen LogP contribution in [0.25, 0.3) is 0 Å². The van der Waals surface area contributed by atoms with E-state index in [-0.39, 0.29) is 17.6 Å². The van der Waals surface area contributed by atoms with Crippen LogP contribution in [0.2, 0.25) is 0 Å². The van der Waals surface area contributed by atoms with Crippen LogP contribution in [0.4, 0.5) is 5.69 Å². The van der Waals surface area contributed by atoms with Crippen LogP contribution in [0.15, 0.2) is 24.3 Å². The molecule has 0 bridgehead atoms. The number of amides is 1. The third-order valence-corrected chi connectivity index (χ3v) is 2.78. The van der Waals surface area contributed by atoms with Gasteiger partial charge in [0.15, 0.2) is 0 Å². The normalized spacial score (nSPS) is 11.9. The van der Waals surface area contributed by atoms with Crippen LogP contribution < -0.4 is 5.73 Å². The van der Waals surface area contributed by atoms with Crippen LogP contribution in [0.1, 0.15) is 25.3 Å². The van der Waals surface area contributed by atoms with Crippen molar-refractivity contribution in [3.8, 4) is 0 Å². The molecule has 19 heavy (non-hydrogen) atoms. The maximum absolute atomic E-state index is 11.8. The second-order valence-corrected chi connectivity index (χ2v) is 4.69. The Balaban J connectivity index is 2.61. The van der Waals surface area contributed by atoms with Crippen LogP contribution in [-0.4, -0.2) is 28.8 Å². The van der Waals surface area contributed by atoms with Crippen molar-refractivity contribution in [1.29, 1.82) is 0 Å². The molecule has 1 aromatic rings. The average molecular weight is 265 g/mol. The summed E-state index contributed by atoms with van der Waals surface area (Å²) < 4.78 is 0. The highest BCUT2D eigenvalue weighted by atomic mass is 16.6. The van der Waals surface area contributed by atoms with Gasteiger partial charge in [0, 0.05) is 38.2 Å². The lowest BCUT2D eigenvalue weighted by atomic mass is 10.1. The third-order valence-electron chi connectivity index (χ3n) is 2.78. The molecule has 0 aliphatic heterocycles. The summed E-state index contributed by atoms with van der Waals surface area (Å²) in [4.78, 5) is 23.6. The summed E-state index contributed by atoms with van der Waals surface area (Å²) in [5.41, 5.74) is 6.38. The molecule has 0 aliphatic rings. The van der Waals surface area contributed by atoms with E-state index < -0.39 is 4.92 Å². The Morgan fingerprint density at radius 1 is 1.53 bits per heavy atom. The summed E-state index contributed by atoms with van der Waals surface area (Å²) in [7, 11) is 1.68. The predicted molar refractivity (Wildman–Crippen MR) is 72.5 cm³/mol. The van der Waals surface area contributed by atoms with Gasteiger partial charge in [-0.2, -0.15) is 0 Å². The molecule has 1 rings (SSSR count). The van der Waals surface area contributed by atoms with E-state index in [1.54, 1.807) is 24.1 Å². The summed E-state index contributed by atoms with van der Waals surface area (Å²) in [6.45, 7) is 2.22. The molecule has 2 N–H and O–H groups in total. The van der Waals surface area contributed by atoms with E-state index in [0.717, 1.165) is 5.56 Å². The van der Waals surface area contributed by atoms with Gasteiger partial charge in [-0.15, -0.1) is 0 Å². The summed E-state index contributed by atoms with van der Waals surface area (Å²) in [6.07, 6.45) is 1.03. The van der Waals surface area contributed by atoms with E-state index >= 15 is 0 Å². The number of rotatable bonds is 6. The second-order valence-electron chi connectivity index (χ2n) is 4.69. The lowest BCUT2D eigenvalue weighted by Gasteiger charge is -2.17. The van der Waals surface area contributed by atoms with E-state index in [9.17, 15) is 14.9 Å². The fraction of sp³-hybridized carbons (Fsp3) is 0.462. The number of carbonyl (C=O) groups is 1. The Morgan fingerprint density at radius 3 is 2.79 bits per heavy atom. The van der Waals surface area contributed by atoms with Gasteiger partial charge in [0.2, 0.25) is 5.91 Å². The Bertz CT molecular complexity index is 460. The van der Waals surface area contributed by atoms with Crippen molar-refractivity contribution < 1.29 is 9.72 Å².